The number of aryl methyl sites for hydroxylation is 1. The van der Waals surface area contributed by atoms with E-state index < -0.39 is 0 Å². The molecule has 4 aromatic rings. The zero-order valence-electron chi connectivity index (χ0n) is 14.2. The van der Waals surface area contributed by atoms with Crippen LogP contribution >= 0.6 is 23.1 Å². The van der Waals surface area contributed by atoms with E-state index in [0.717, 1.165) is 37.6 Å². The Morgan fingerprint density at radius 3 is 2.58 bits per heavy atom. The van der Waals surface area contributed by atoms with Crippen molar-refractivity contribution in [3.8, 4) is 21.1 Å². The summed E-state index contributed by atoms with van der Waals surface area (Å²) < 4.78 is 0. The maximum absolute atomic E-state index is 4.69. The largest absolute Gasteiger partial charge is 0.264 e. The summed E-state index contributed by atoms with van der Waals surface area (Å²) in [5.41, 5.74) is 4.16. The molecule has 0 unspecified atom stereocenters. The average Bonchev–Trinajstić information content (AvgIpc) is 3.10. The van der Waals surface area contributed by atoms with Crippen LogP contribution in [0.5, 0.6) is 0 Å². The molecular weight excluding hydrogens is 360 g/mol. The number of pyridine rings is 1. The minimum absolute atomic E-state index is 0.833. The zero-order chi connectivity index (χ0) is 17.8. The number of rotatable bonds is 5. The SMILES string of the molecule is Cc1nc(-c2ccccc2)sc1-c1ccc(SCc2cccnc2)nn1. The summed E-state index contributed by atoms with van der Waals surface area (Å²) in [6.45, 7) is 2.02. The lowest BCUT2D eigenvalue weighted by Crippen LogP contribution is -1.90. The van der Waals surface area contributed by atoms with E-state index in [1.165, 1.54) is 5.56 Å². The Morgan fingerprint density at radius 1 is 0.962 bits per heavy atom. The summed E-state index contributed by atoms with van der Waals surface area (Å²) in [6, 6.07) is 18.3. The van der Waals surface area contributed by atoms with Crippen molar-refractivity contribution in [1.82, 2.24) is 20.2 Å². The molecule has 128 valence electrons. The highest BCUT2D eigenvalue weighted by Crippen LogP contribution is 2.34. The van der Waals surface area contributed by atoms with Gasteiger partial charge in [-0.25, -0.2) is 4.98 Å². The fraction of sp³-hybridized carbons (Fsp3) is 0.100. The van der Waals surface area contributed by atoms with Gasteiger partial charge in [0.15, 0.2) is 0 Å². The van der Waals surface area contributed by atoms with Crippen molar-refractivity contribution >= 4 is 23.1 Å². The minimum atomic E-state index is 0.833. The lowest BCUT2D eigenvalue weighted by Gasteiger charge is -2.01. The molecule has 6 heteroatoms. The standard InChI is InChI=1S/C20H16N4S2/c1-14-19(26-20(22-14)16-7-3-2-4-8-16)17-9-10-18(24-23-17)25-13-15-6-5-11-21-12-15/h2-12H,13H2,1H3. The van der Waals surface area contributed by atoms with Crippen LogP contribution in [0.15, 0.2) is 72.0 Å². The fourth-order valence-corrected chi connectivity index (χ4v) is 4.28. The van der Waals surface area contributed by atoms with Crippen LogP contribution < -0.4 is 0 Å². The molecule has 1 aromatic carbocycles. The van der Waals surface area contributed by atoms with E-state index in [9.17, 15) is 0 Å². The molecule has 3 heterocycles. The molecule has 0 bridgehead atoms. The van der Waals surface area contributed by atoms with Crippen molar-refractivity contribution in [2.45, 2.75) is 17.7 Å². The van der Waals surface area contributed by atoms with Crippen LogP contribution in [0.25, 0.3) is 21.1 Å². The summed E-state index contributed by atoms with van der Waals surface area (Å²) in [6.07, 6.45) is 3.66. The highest BCUT2D eigenvalue weighted by Gasteiger charge is 2.13. The van der Waals surface area contributed by atoms with Gasteiger partial charge >= 0.3 is 0 Å². The number of aromatic nitrogens is 4. The first-order valence-electron chi connectivity index (χ1n) is 8.18. The van der Waals surface area contributed by atoms with Gasteiger partial charge in [0.05, 0.1) is 10.6 Å². The molecule has 4 nitrogen and oxygen atoms in total. The Labute approximate surface area is 160 Å². The van der Waals surface area contributed by atoms with Crippen molar-refractivity contribution < 1.29 is 0 Å². The lowest BCUT2D eigenvalue weighted by atomic mass is 10.2. The van der Waals surface area contributed by atoms with Gasteiger partial charge in [0.25, 0.3) is 0 Å². The molecule has 26 heavy (non-hydrogen) atoms. The summed E-state index contributed by atoms with van der Waals surface area (Å²) in [5, 5.41) is 10.7. The van der Waals surface area contributed by atoms with E-state index in [2.05, 4.69) is 33.4 Å². The van der Waals surface area contributed by atoms with E-state index in [1.54, 1.807) is 29.3 Å². The van der Waals surface area contributed by atoms with Crippen LogP contribution in [-0.4, -0.2) is 20.2 Å². The summed E-state index contributed by atoms with van der Waals surface area (Å²) in [7, 11) is 0. The summed E-state index contributed by atoms with van der Waals surface area (Å²) in [4.78, 5) is 9.90. The first-order valence-corrected chi connectivity index (χ1v) is 9.98. The van der Waals surface area contributed by atoms with Gasteiger partial charge in [-0.15, -0.1) is 21.5 Å². The third-order valence-electron chi connectivity index (χ3n) is 3.80. The van der Waals surface area contributed by atoms with Crippen LogP contribution in [0, 0.1) is 6.92 Å². The molecule has 0 fully saturated rings. The van der Waals surface area contributed by atoms with Crippen molar-refractivity contribution in [1.29, 1.82) is 0 Å². The van der Waals surface area contributed by atoms with Crippen molar-refractivity contribution in [2.75, 3.05) is 0 Å². The summed E-state index contributed by atoms with van der Waals surface area (Å²) >= 11 is 3.31. The maximum atomic E-state index is 4.69. The second kappa shape index (κ2) is 7.76. The Balaban J connectivity index is 1.51. The molecule has 0 amide bonds. The predicted molar refractivity (Wildman–Crippen MR) is 107 cm³/mol. The van der Waals surface area contributed by atoms with Crippen LogP contribution in [0.2, 0.25) is 0 Å². The maximum Gasteiger partial charge on any atom is 0.124 e. The Hall–Kier alpha value is -2.57. The minimum Gasteiger partial charge on any atom is -0.264 e. The van der Waals surface area contributed by atoms with E-state index in [0.29, 0.717) is 0 Å². The molecule has 0 N–H and O–H groups in total. The average molecular weight is 377 g/mol. The summed E-state index contributed by atoms with van der Waals surface area (Å²) in [5.74, 6) is 0.833. The van der Waals surface area contributed by atoms with Crippen LogP contribution in [-0.2, 0) is 5.75 Å². The molecule has 3 aromatic heterocycles. The fourth-order valence-electron chi connectivity index (χ4n) is 2.50. The Kier molecular flexibility index (Phi) is 5.04. The highest BCUT2D eigenvalue weighted by molar-refractivity contribution is 7.98. The molecule has 0 radical (unpaired) electrons. The molecule has 0 atom stereocenters. The van der Waals surface area contributed by atoms with Gasteiger partial charge in [-0.3, -0.25) is 4.98 Å². The van der Waals surface area contributed by atoms with Crippen molar-refractivity contribution in [3.05, 3.63) is 78.2 Å². The molecule has 0 saturated carbocycles. The van der Waals surface area contributed by atoms with Gasteiger partial charge in [0.2, 0.25) is 0 Å². The number of hydrogen-bond acceptors (Lipinski definition) is 6. The zero-order valence-corrected chi connectivity index (χ0v) is 15.8. The Bertz CT molecular complexity index is 984. The van der Waals surface area contributed by atoms with Gasteiger partial charge < -0.3 is 0 Å². The van der Waals surface area contributed by atoms with Crippen molar-refractivity contribution in [2.24, 2.45) is 0 Å². The quantitative estimate of drug-likeness (QED) is 0.445. The number of hydrogen-bond donors (Lipinski definition) is 0. The second-order valence-corrected chi connectivity index (χ2v) is 7.70. The smallest absolute Gasteiger partial charge is 0.124 e. The predicted octanol–water partition coefficient (Wildman–Crippen LogP) is 5.26. The molecule has 0 aliphatic rings. The number of thiazole rings is 1. The molecular formula is C20H16N4S2. The van der Waals surface area contributed by atoms with E-state index >= 15 is 0 Å². The van der Waals surface area contributed by atoms with E-state index in [1.807, 2.05) is 49.5 Å². The van der Waals surface area contributed by atoms with Gasteiger partial charge in [-0.05, 0) is 30.7 Å². The van der Waals surface area contributed by atoms with E-state index in [4.69, 9.17) is 4.98 Å². The van der Waals surface area contributed by atoms with Crippen LogP contribution in [0.3, 0.4) is 0 Å². The van der Waals surface area contributed by atoms with Gasteiger partial charge in [-0.1, -0.05) is 48.2 Å². The van der Waals surface area contributed by atoms with Crippen LogP contribution in [0.4, 0.5) is 0 Å². The topological polar surface area (TPSA) is 51.6 Å². The lowest BCUT2D eigenvalue weighted by molar-refractivity contribution is 0.935. The van der Waals surface area contributed by atoms with E-state index in [-0.39, 0.29) is 0 Å². The second-order valence-electron chi connectivity index (χ2n) is 5.71. The monoisotopic (exact) mass is 376 g/mol. The van der Waals surface area contributed by atoms with Crippen molar-refractivity contribution in [3.63, 3.8) is 0 Å². The number of nitrogens with zero attached hydrogens (tertiary/aromatic N) is 4. The molecule has 0 spiro atoms. The number of thioether (sulfide) groups is 1. The highest BCUT2D eigenvalue weighted by atomic mass is 32.2. The number of benzene rings is 1. The molecule has 0 aliphatic carbocycles. The third-order valence-corrected chi connectivity index (χ3v) is 6.02. The Morgan fingerprint density at radius 2 is 1.85 bits per heavy atom. The molecule has 0 saturated heterocycles. The normalized spacial score (nSPS) is 10.8. The molecule has 0 aliphatic heterocycles. The van der Waals surface area contributed by atoms with Crippen LogP contribution in [0.1, 0.15) is 11.3 Å². The van der Waals surface area contributed by atoms with Gasteiger partial charge in [0.1, 0.15) is 15.7 Å². The first kappa shape index (κ1) is 16.9. The first-order chi connectivity index (χ1) is 12.8. The van der Waals surface area contributed by atoms with Gasteiger partial charge in [-0.2, -0.15) is 0 Å². The third kappa shape index (κ3) is 3.81. The van der Waals surface area contributed by atoms with Gasteiger partial charge in [0, 0.05) is 23.7 Å². The molecule has 4 rings (SSSR count).